The zero-order valence-electron chi connectivity index (χ0n) is 23.0. The number of rotatable bonds is 12. The van der Waals surface area contributed by atoms with Crippen LogP contribution in [-0.4, -0.2) is 67.6 Å². The van der Waals surface area contributed by atoms with Gasteiger partial charge in [0.05, 0.1) is 42.7 Å². The molecule has 3 rings (SSSR count). The molecule has 2 N–H and O–H groups in total. The third-order valence-electron chi connectivity index (χ3n) is 6.85. The van der Waals surface area contributed by atoms with E-state index in [2.05, 4.69) is 10.6 Å². The summed E-state index contributed by atoms with van der Waals surface area (Å²) in [5.74, 6) is 2.82. The van der Waals surface area contributed by atoms with Gasteiger partial charge in [-0.2, -0.15) is 0 Å². The van der Waals surface area contributed by atoms with Gasteiger partial charge in [-0.15, -0.1) is 0 Å². The molecular formula is C28H38N2O8. The molecule has 0 saturated heterocycles. The zero-order chi connectivity index (χ0) is 27.7. The number of ether oxygens (including phenoxy) is 6. The fraction of sp³-hybridized carbons (Fsp3) is 0.500. The Hall–Kier alpha value is -3.82. The van der Waals surface area contributed by atoms with Crippen LogP contribution in [0.3, 0.4) is 0 Å². The molecule has 10 heteroatoms. The van der Waals surface area contributed by atoms with Crippen molar-refractivity contribution in [3.63, 3.8) is 0 Å². The maximum absolute atomic E-state index is 12.9. The van der Waals surface area contributed by atoms with Gasteiger partial charge in [-0.3, -0.25) is 9.59 Å². The molecule has 0 radical (unpaired) electrons. The molecular weight excluding hydrogens is 492 g/mol. The Balaban J connectivity index is 1.56. The lowest BCUT2D eigenvalue weighted by atomic mass is 9.81. The highest BCUT2D eigenvalue weighted by Gasteiger charge is 2.25. The molecule has 0 unspecified atom stereocenters. The van der Waals surface area contributed by atoms with Crippen LogP contribution in [-0.2, 0) is 0 Å². The predicted molar refractivity (Wildman–Crippen MR) is 142 cm³/mol. The van der Waals surface area contributed by atoms with Crippen LogP contribution in [0.2, 0.25) is 0 Å². The summed E-state index contributed by atoms with van der Waals surface area (Å²) >= 11 is 0. The Morgan fingerprint density at radius 3 is 1.26 bits per heavy atom. The summed E-state index contributed by atoms with van der Waals surface area (Å²) in [5.41, 5.74) is 0.869. The molecule has 1 fully saturated rings. The van der Waals surface area contributed by atoms with E-state index in [-0.39, 0.29) is 11.8 Å². The molecule has 2 amide bonds. The lowest BCUT2D eigenvalue weighted by Crippen LogP contribution is -2.35. The summed E-state index contributed by atoms with van der Waals surface area (Å²) < 4.78 is 32.1. The molecule has 10 nitrogen and oxygen atoms in total. The van der Waals surface area contributed by atoms with Gasteiger partial charge >= 0.3 is 0 Å². The lowest BCUT2D eigenvalue weighted by Gasteiger charge is -2.29. The summed E-state index contributed by atoms with van der Waals surface area (Å²) in [4.78, 5) is 25.8. The second-order valence-corrected chi connectivity index (χ2v) is 9.15. The molecule has 2 aromatic rings. The molecule has 38 heavy (non-hydrogen) atoms. The number of benzene rings is 2. The van der Waals surface area contributed by atoms with Crippen LogP contribution in [0.5, 0.6) is 34.5 Å². The average molecular weight is 531 g/mol. The van der Waals surface area contributed by atoms with Gasteiger partial charge in [0.25, 0.3) is 11.8 Å². The molecule has 1 saturated carbocycles. The molecule has 0 bridgehead atoms. The van der Waals surface area contributed by atoms with Crippen molar-refractivity contribution in [2.24, 2.45) is 11.8 Å². The van der Waals surface area contributed by atoms with Crippen molar-refractivity contribution < 1.29 is 38.0 Å². The number of carbonyl (C=O) groups is 2. The standard InChI is InChI=1S/C28H38N2O8/c1-33-21-11-19(12-22(34-2)25(21)37-5)27(31)29-15-17-8-7-9-18(10-17)16-30-28(32)20-13-23(35-3)26(38-6)24(14-20)36-4/h11-14,17-18H,7-10,15-16H2,1-6H3,(H,29,31)(H,30,32)/t17-,18+. The predicted octanol–water partition coefficient (Wildman–Crippen LogP) is 3.70. The summed E-state index contributed by atoms with van der Waals surface area (Å²) in [6.07, 6.45) is 3.99. The monoisotopic (exact) mass is 530 g/mol. The van der Waals surface area contributed by atoms with E-state index in [1.165, 1.54) is 42.7 Å². The van der Waals surface area contributed by atoms with E-state index in [0.29, 0.717) is 70.5 Å². The first-order valence-electron chi connectivity index (χ1n) is 12.5. The highest BCUT2D eigenvalue weighted by molar-refractivity contribution is 5.96. The maximum atomic E-state index is 12.9. The Morgan fingerprint density at radius 2 is 0.974 bits per heavy atom. The van der Waals surface area contributed by atoms with Crippen LogP contribution in [0.15, 0.2) is 24.3 Å². The topological polar surface area (TPSA) is 114 Å². The van der Waals surface area contributed by atoms with E-state index < -0.39 is 0 Å². The molecule has 0 spiro atoms. The summed E-state index contributed by atoms with van der Waals surface area (Å²) in [6.45, 7) is 1.10. The number of hydrogen-bond donors (Lipinski definition) is 2. The van der Waals surface area contributed by atoms with Gasteiger partial charge in [-0.1, -0.05) is 6.42 Å². The Kier molecular flexibility index (Phi) is 10.3. The van der Waals surface area contributed by atoms with E-state index >= 15 is 0 Å². The minimum atomic E-state index is -0.206. The SMILES string of the molecule is COc1cc(C(=O)NC[C@H]2CCC[C@@H](CNC(=O)c3cc(OC)c(OC)c(OC)c3)C2)cc(OC)c1OC. The van der Waals surface area contributed by atoms with Crippen LogP contribution in [0, 0.1) is 11.8 Å². The van der Waals surface area contributed by atoms with Crippen molar-refractivity contribution in [1.82, 2.24) is 10.6 Å². The number of hydrogen-bond acceptors (Lipinski definition) is 8. The first kappa shape index (κ1) is 28.7. The second kappa shape index (κ2) is 13.6. The molecule has 1 aliphatic carbocycles. The van der Waals surface area contributed by atoms with Crippen molar-refractivity contribution in [3.8, 4) is 34.5 Å². The van der Waals surface area contributed by atoms with E-state index in [1.807, 2.05) is 0 Å². The van der Waals surface area contributed by atoms with Crippen molar-refractivity contribution in [1.29, 1.82) is 0 Å². The summed E-state index contributed by atoms with van der Waals surface area (Å²) in [6, 6.07) is 6.55. The Labute approximate surface area is 223 Å². The van der Waals surface area contributed by atoms with E-state index in [1.54, 1.807) is 24.3 Å². The smallest absolute Gasteiger partial charge is 0.251 e. The molecule has 0 aromatic heterocycles. The molecule has 208 valence electrons. The summed E-state index contributed by atoms with van der Waals surface area (Å²) in [5, 5.41) is 6.08. The number of amides is 2. The van der Waals surface area contributed by atoms with Crippen molar-refractivity contribution in [2.45, 2.75) is 25.7 Å². The zero-order valence-corrected chi connectivity index (χ0v) is 23.0. The fourth-order valence-corrected chi connectivity index (χ4v) is 4.88. The Morgan fingerprint density at radius 1 is 0.632 bits per heavy atom. The number of nitrogens with one attached hydrogen (secondary N) is 2. The lowest BCUT2D eigenvalue weighted by molar-refractivity contribution is 0.0934. The van der Waals surface area contributed by atoms with Gasteiger partial charge in [0.1, 0.15) is 0 Å². The van der Waals surface area contributed by atoms with Crippen molar-refractivity contribution in [2.75, 3.05) is 55.7 Å². The van der Waals surface area contributed by atoms with Gasteiger partial charge < -0.3 is 39.1 Å². The highest BCUT2D eigenvalue weighted by Crippen LogP contribution is 2.39. The average Bonchev–Trinajstić information content (AvgIpc) is 2.96. The van der Waals surface area contributed by atoms with Crippen LogP contribution in [0.1, 0.15) is 46.4 Å². The molecule has 0 aliphatic heterocycles. The fourth-order valence-electron chi connectivity index (χ4n) is 4.88. The first-order valence-corrected chi connectivity index (χ1v) is 12.5. The minimum absolute atomic E-state index is 0.206. The third kappa shape index (κ3) is 6.73. The molecule has 2 aromatic carbocycles. The van der Waals surface area contributed by atoms with Gasteiger partial charge in [0.15, 0.2) is 23.0 Å². The number of methoxy groups -OCH3 is 6. The molecule has 1 aliphatic rings. The maximum Gasteiger partial charge on any atom is 0.251 e. The third-order valence-corrected chi connectivity index (χ3v) is 6.85. The quantitative estimate of drug-likeness (QED) is 0.427. The normalized spacial score (nSPS) is 16.7. The van der Waals surface area contributed by atoms with Gasteiger partial charge in [0.2, 0.25) is 11.5 Å². The second-order valence-electron chi connectivity index (χ2n) is 9.15. The number of carbonyl (C=O) groups excluding carboxylic acids is 2. The van der Waals surface area contributed by atoms with Gasteiger partial charge in [-0.25, -0.2) is 0 Å². The van der Waals surface area contributed by atoms with E-state index in [9.17, 15) is 9.59 Å². The van der Waals surface area contributed by atoms with Crippen LogP contribution in [0.4, 0.5) is 0 Å². The highest BCUT2D eigenvalue weighted by atomic mass is 16.5. The van der Waals surface area contributed by atoms with Crippen molar-refractivity contribution >= 4 is 11.8 Å². The van der Waals surface area contributed by atoms with Crippen LogP contribution >= 0.6 is 0 Å². The van der Waals surface area contributed by atoms with E-state index in [0.717, 1.165) is 25.7 Å². The van der Waals surface area contributed by atoms with Crippen LogP contribution in [0.25, 0.3) is 0 Å². The van der Waals surface area contributed by atoms with Crippen LogP contribution < -0.4 is 39.1 Å². The first-order chi connectivity index (χ1) is 18.4. The summed E-state index contributed by atoms with van der Waals surface area (Å²) in [7, 11) is 9.10. The van der Waals surface area contributed by atoms with Crippen molar-refractivity contribution in [3.05, 3.63) is 35.4 Å². The Bertz CT molecular complexity index is 985. The van der Waals surface area contributed by atoms with Gasteiger partial charge in [0, 0.05) is 24.2 Å². The van der Waals surface area contributed by atoms with E-state index in [4.69, 9.17) is 28.4 Å². The largest absolute Gasteiger partial charge is 0.493 e. The van der Waals surface area contributed by atoms with Gasteiger partial charge in [-0.05, 0) is 55.4 Å². The molecule has 0 heterocycles. The molecule has 2 atom stereocenters. The minimum Gasteiger partial charge on any atom is -0.493 e.